The maximum atomic E-state index is 12.6. The number of ether oxygens (including phenoxy) is 1. The molecule has 158 valence electrons. The van der Waals surface area contributed by atoms with Gasteiger partial charge in [0, 0.05) is 18.8 Å². The Kier molecular flexibility index (Phi) is 7.12. The summed E-state index contributed by atoms with van der Waals surface area (Å²) in [6.45, 7) is 0. The van der Waals surface area contributed by atoms with Gasteiger partial charge in [-0.2, -0.15) is 0 Å². The van der Waals surface area contributed by atoms with Crippen LogP contribution >= 0.6 is 0 Å². The van der Waals surface area contributed by atoms with E-state index >= 15 is 0 Å². The number of carboxylic acids is 1. The van der Waals surface area contributed by atoms with Crippen molar-refractivity contribution < 1.29 is 19.4 Å². The van der Waals surface area contributed by atoms with E-state index < -0.39 is 5.97 Å². The minimum atomic E-state index is -1.11. The van der Waals surface area contributed by atoms with E-state index in [9.17, 15) is 9.59 Å². The van der Waals surface area contributed by atoms with Crippen molar-refractivity contribution in [2.24, 2.45) is 0 Å². The van der Waals surface area contributed by atoms with Crippen molar-refractivity contribution in [1.82, 2.24) is 5.32 Å². The van der Waals surface area contributed by atoms with Gasteiger partial charge in [-0.25, -0.2) is 9.59 Å². The van der Waals surface area contributed by atoms with Gasteiger partial charge in [0.25, 0.3) is 0 Å². The van der Waals surface area contributed by atoms with Gasteiger partial charge < -0.3 is 15.2 Å². The number of hydrogen-bond donors (Lipinski definition) is 2. The van der Waals surface area contributed by atoms with Gasteiger partial charge in [-0.3, -0.25) is 4.90 Å². The third kappa shape index (κ3) is 5.41. The molecule has 0 aliphatic heterocycles. The summed E-state index contributed by atoms with van der Waals surface area (Å²) < 4.78 is 4.87. The van der Waals surface area contributed by atoms with Crippen LogP contribution in [0.1, 0.15) is 37.7 Å². The van der Waals surface area contributed by atoms with Gasteiger partial charge in [0.05, 0.1) is 7.11 Å². The standard InChI is InChI=1S/C24H28N2O4/c1-26(24(29)25-20-8-4-3-5-9-20)21-10-6-7-19(16-21)18-13-11-17(12-14-18)15-22(30-2)23(27)28/h6-7,10-16,20H,3-5,8-9H2,1-2H3,(H,25,29)(H,27,28). The fourth-order valence-corrected chi connectivity index (χ4v) is 3.66. The van der Waals surface area contributed by atoms with Crippen LogP contribution in [-0.4, -0.2) is 37.3 Å². The van der Waals surface area contributed by atoms with Gasteiger partial charge in [0.1, 0.15) is 0 Å². The molecule has 0 bridgehead atoms. The normalized spacial score (nSPS) is 14.8. The largest absolute Gasteiger partial charge is 0.490 e. The quantitative estimate of drug-likeness (QED) is 0.526. The molecule has 3 rings (SSSR count). The van der Waals surface area contributed by atoms with E-state index in [4.69, 9.17) is 9.84 Å². The molecule has 0 atom stereocenters. The number of urea groups is 1. The average Bonchev–Trinajstić information content (AvgIpc) is 2.78. The number of aliphatic carboxylic acids is 1. The molecular weight excluding hydrogens is 380 g/mol. The molecule has 1 aliphatic carbocycles. The Balaban J connectivity index is 1.73. The number of carboxylic acid groups (broad SMARTS) is 1. The molecule has 6 nitrogen and oxygen atoms in total. The molecule has 30 heavy (non-hydrogen) atoms. The Labute approximate surface area is 177 Å². The number of carbonyl (C=O) groups is 2. The number of rotatable bonds is 6. The van der Waals surface area contributed by atoms with Crippen molar-refractivity contribution in [2.45, 2.75) is 38.1 Å². The molecule has 0 spiro atoms. The first-order valence-electron chi connectivity index (χ1n) is 10.2. The van der Waals surface area contributed by atoms with Crippen LogP contribution in [-0.2, 0) is 9.53 Å². The van der Waals surface area contributed by atoms with E-state index in [1.807, 2.05) is 48.5 Å². The second kappa shape index (κ2) is 9.96. The highest BCUT2D eigenvalue weighted by Crippen LogP contribution is 2.26. The van der Waals surface area contributed by atoms with Gasteiger partial charge in [0.2, 0.25) is 5.76 Å². The van der Waals surface area contributed by atoms with Crippen molar-refractivity contribution in [3.05, 3.63) is 59.9 Å². The minimum Gasteiger partial charge on any atom is -0.490 e. The summed E-state index contributed by atoms with van der Waals surface area (Å²) in [6.07, 6.45) is 7.18. The molecule has 1 saturated carbocycles. The summed E-state index contributed by atoms with van der Waals surface area (Å²) in [7, 11) is 3.12. The molecule has 0 radical (unpaired) electrons. The summed E-state index contributed by atoms with van der Waals surface area (Å²) in [5, 5.41) is 12.2. The zero-order chi connectivity index (χ0) is 21.5. The number of carbonyl (C=O) groups excluding carboxylic acids is 1. The number of benzene rings is 2. The predicted octanol–water partition coefficient (Wildman–Crippen LogP) is 4.90. The molecule has 2 aromatic rings. The van der Waals surface area contributed by atoms with Crippen molar-refractivity contribution >= 4 is 23.8 Å². The number of hydrogen-bond acceptors (Lipinski definition) is 3. The van der Waals surface area contributed by atoms with Crippen LogP contribution in [0.2, 0.25) is 0 Å². The molecule has 2 aromatic carbocycles. The summed E-state index contributed by atoms with van der Waals surface area (Å²) in [6, 6.07) is 15.5. The summed E-state index contributed by atoms with van der Waals surface area (Å²) in [5.74, 6) is -1.22. The van der Waals surface area contributed by atoms with Crippen LogP contribution in [0.15, 0.2) is 54.3 Å². The van der Waals surface area contributed by atoms with Crippen LogP contribution in [0.25, 0.3) is 17.2 Å². The zero-order valence-electron chi connectivity index (χ0n) is 17.4. The van der Waals surface area contributed by atoms with Crippen molar-refractivity contribution in [3.63, 3.8) is 0 Å². The first-order valence-corrected chi connectivity index (χ1v) is 10.2. The monoisotopic (exact) mass is 408 g/mol. The van der Waals surface area contributed by atoms with E-state index in [2.05, 4.69) is 5.32 Å². The van der Waals surface area contributed by atoms with Crippen LogP contribution in [0, 0.1) is 0 Å². The second-order valence-electron chi connectivity index (χ2n) is 7.53. The number of nitrogens with zero attached hydrogens (tertiary/aromatic N) is 1. The maximum absolute atomic E-state index is 12.6. The Morgan fingerprint density at radius 2 is 1.77 bits per heavy atom. The van der Waals surface area contributed by atoms with Crippen molar-refractivity contribution in [1.29, 1.82) is 0 Å². The molecular formula is C24H28N2O4. The van der Waals surface area contributed by atoms with Gasteiger partial charge in [0.15, 0.2) is 0 Å². The lowest BCUT2D eigenvalue weighted by Crippen LogP contribution is -2.43. The summed E-state index contributed by atoms with van der Waals surface area (Å²) in [4.78, 5) is 25.4. The summed E-state index contributed by atoms with van der Waals surface area (Å²) in [5.41, 5.74) is 3.50. The van der Waals surface area contributed by atoms with Gasteiger partial charge in [-0.15, -0.1) is 0 Å². The molecule has 0 unspecified atom stereocenters. The van der Waals surface area contributed by atoms with Gasteiger partial charge in [-0.05, 0) is 47.7 Å². The van der Waals surface area contributed by atoms with E-state index in [0.717, 1.165) is 35.2 Å². The average molecular weight is 408 g/mol. The topological polar surface area (TPSA) is 78.9 Å². The Hall–Kier alpha value is -3.28. The van der Waals surface area contributed by atoms with E-state index in [1.54, 1.807) is 11.9 Å². The SMILES string of the molecule is COC(=Cc1ccc(-c2cccc(N(C)C(=O)NC3CCCCC3)c2)cc1)C(=O)O. The molecule has 0 saturated heterocycles. The van der Waals surface area contributed by atoms with Crippen molar-refractivity contribution in [3.8, 4) is 11.1 Å². The fraction of sp³-hybridized carbons (Fsp3) is 0.333. The third-order valence-corrected chi connectivity index (χ3v) is 5.44. The first-order chi connectivity index (χ1) is 14.5. The van der Waals surface area contributed by atoms with Crippen LogP contribution in [0.4, 0.5) is 10.5 Å². The summed E-state index contributed by atoms with van der Waals surface area (Å²) >= 11 is 0. The first kappa shape index (κ1) is 21.4. The molecule has 2 N–H and O–H groups in total. The lowest BCUT2D eigenvalue weighted by molar-refractivity contribution is -0.135. The van der Waals surface area contributed by atoms with E-state index in [0.29, 0.717) is 0 Å². The zero-order valence-corrected chi connectivity index (χ0v) is 17.4. The number of amides is 2. The van der Waals surface area contributed by atoms with Crippen molar-refractivity contribution in [2.75, 3.05) is 19.1 Å². The maximum Gasteiger partial charge on any atom is 0.371 e. The molecule has 2 amide bonds. The minimum absolute atomic E-state index is 0.0831. The molecule has 0 aromatic heterocycles. The molecule has 1 aliphatic rings. The van der Waals surface area contributed by atoms with Crippen LogP contribution in [0.3, 0.4) is 0 Å². The number of anilines is 1. The predicted molar refractivity (Wildman–Crippen MR) is 118 cm³/mol. The highest BCUT2D eigenvalue weighted by molar-refractivity contribution is 5.92. The Bertz CT molecular complexity index is 915. The van der Waals surface area contributed by atoms with E-state index in [-0.39, 0.29) is 17.8 Å². The second-order valence-corrected chi connectivity index (χ2v) is 7.53. The number of nitrogens with one attached hydrogen (secondary N) is 1. The van der Waals surface area contributed by atoms with Crippen LogP contribution < -0.4 is 10.2 Å². The molecule has 1 fully saturated rings. The fourth-order valence-electron chi connectivity index (χ4n) is 3.66. The lowest BCUT2D eigenvalue weighted by atomic mass is 9.96. The smallest absolute Gasteiger partial charge is 0.371 e. The molecule has 0 heterocycles. The highest BCUT2D eigenvalue weighted by Gasteiger charge is 2.19. The molecule has 6 heteroatoms. The Morgan fingerprint density at radius 3 is 2.40 bits per heavy atom. The third-order valence-electron chi connectivity index (χ3n) is 5.44. The lowest BCUT2D eigenvalue weighted by Gasteiger charge is -2.26. The Morgan fingerprint density at radius 1 is 1.07 bits per heavy atom. The van der Waals surface area contributed by atoms with Gasteiger partial charge in [-0.1, -0.05) is 55.7 Å². The number of methoxy groups -OCH3 is 1. The van der Waals surface area contributed by atoms with Gasteiger partial charge >= 0.3 is 12.0 Å². The van der Waals surface area contributed by atoms with Crippen LogP contribution in [0.5, 0.6) is 0 Å². The van der Waals surface area contributed by atoms with E-state index in [1.165, 1.54) is 32.4 Å². The highest BCUT2D eigenvalue weighted by atomic mass is 16.5.